The van der Waals surface area contributed by atoms with E-state index in [1.54, 1.807) is 35.6 Å². The van der Waals surface area contributed by atoms with Crippen molar-refractivity contribution in [3.8, 4) is 5.75 Å². The van der Waals surface area contributed by atoms with Gasteiger partial charge in [-0.05, 0) is 49.7 Å². The lowest BCUT2D eigenvalue weighted by Crippen LogP contribution is -2.30. The minimum absolute atomic E-state index is 0.261. The number of thiophene rings is 1. The number of rotatable bonds is 7. The summed E-state index contributed by atoms with van der Waals surface area (Å²) in [5.74, 6) is 0.711. The van der Waals surface area contributed by atoms with E-state index in [1.165, 1.54) is 15.3 Å². The van der Waals surface area contributed by atoms with Crippen molar-refractivity contribution in [3.63, 3.8) is 0 Å². The zero-order valence-corrected chi connectivity index (χ0v) is 13.8. The quantitative estimate of drug-likeness (QED) is 0.818. The summed E-state index contributed by atoms with van der Waals surface area (Å²) in [6, 6.07) is 9.30. The van der Waals surface area contributed by atoms with Gasteiger partial charge in [0.2, 0.25) is 0 Å². The second kappa shape index (κ2) is 7.80. The Bertz CT molecular complexity index is 549. The third-order valence-corrected chi connectivity index (χ3v) is 4.56. The Morgan fingerprint density at radius 3 is 2.62 bits per heavy atom. The van der Waals surface area contributed by atoms with Crippen molar-refractivity contribution in [1.82, 2.24) is 5.32 Å². The van der Waals surface area contributed by atoms with E-state index in [-0.39, 0.29) is 6.61 Å². The lowest BCUT2D eigenvalue weighted by molar-refractivity contribution is 0.106. The van der Waals surface area contributed by atoms with Crippen LogP contribution in [-0.2, 0) is 6.54 Å². The van der Waals surface area contributed by atoms with Crippen molar-refractivity contribution in [2.75, 3.05) is 13.2 Å². The van der Waals surface area contributed by atoms with Gasteiger partial charge in [0.15, 0.2) is 0 Å². The van der Waals surface area contributed by atoms with E-state index < -0.39 is 6.10 Å². The average molecular weight is 326 g/mol. The highest BCUT2D eigenvalue weighted by molar-refractivity contribution is 7.12. The molecule has 114 valence electrons. The Labute approximate surface area is 134 Å². The molecule has 0 aliphatic rings. The Kier molecular flexibility index (Phi) is 6.06. The van der Waals surface area contributed by atoms with Crippen LogP contribution in [0.15, 0.2) is 30.3 Å². The van der Waals surface area contributed by atoms with Crippen LogP contribution in [0.2, 0.25) is 5.02 Å². The molecular formula is C16H20ClNO2S. The van der Waals surface area contributed by atoms with Gasteiger partial charge in [0, 0.05) is 27.9 Å². The van der Waals surface area contributed by atoms with E-state index in [4.69, 9.17) is 16.3 Å². The van der Waals surface area contributed by atoms with E-state index >= 15 is 0 Å². The summed E-state index contributed by atoms with van der Waals surface area (Å²) in [7, 11) is 0. The van der Waals surface area contributed by atoms with Gasteiger partial charge in [-0.25, -0.2) is 0 Å². The predicted molar refractivity (Wildman–Crippen MR) is 88.5 cm³/mol. The van der Waals surface area contributed by atoms with Crippen LogP contribution >= 0.6 is 22.9 Å². The maximum Gasteiger partial charge on any atom is 0.119 e. The Morgan fingerprint density at radius 2 is 2.00 bits per heavy atom. The van der Waals surface area contributed by atoms with Gasteiger partial charge in [-0.3, -0.25) is 0 Å². The molecule has 0 aliphatic carbocycles. The molecule has 0 amide bonds. The number of nitrogens with one attached hydrogen (secondary N) is 1. The molecular weight excluding hydrogens is 306 g/mol. The van der Waals surface area contributed by atoms with Crippen molar-refractivity contribution < 1.29 is 9.84 Å². The molecule has 2 N–H and O–H groups in total. The summed E-state index contributed by atoms with van der Waals surface area (Å²) < 4.78 is 5.50. The maximum absolute atomic E-state index is 9.89. The highest BCUT2D eigenvalue weighted by atomic mass is 35.5. The van der Waals surface area contributed by atoms with Gasteiger partial charge in [-0.2, -0.15) is 0 Å². The number of hydrogen-bond acceptors (Lipinski definition) is 4. The minimum Gasteiger partial charge on any atom is -0.491 e. The number of aliphatic hydroxyl groups excluding tert-OH is 1. The highest BCUT2D eigenvalue weighted by Crippen LogP contribution is 2.20. The van der Waals surface area contributed by atoms with Gasteiger partial charge in [-0.1, -0.05) is 11.6 Å². The lowest BCUT2D eigenvalue weighted by Gasteiger charge is -2.13. The van der Waals surface area contributed by atoms with E-state index in [0.717, 1.165) is 6.54 Å². The molecule has 1 unspecified atom stereocenters. The SMILES string of the molecule is Cc1cc(CNCC(O)COc2ccc(Cl)cc2)sc1C. The first-order chi connectivity index (χ1) is 10.0. The van der Waals surface area contributed by atoms with Crippen LogP contribution in [0.4, 0.5) is 0 Å². The summed E-state index contributed by atoms with van der Waals surface area (Å²) in [5.41, 5.74) is 1.32. The first-order valence-corrected chi connectivity index (χ1v) is 8.07. The van der Waals surface area contributed by atoms with Crippen LogP contribution in [0.3, 0.4) is 0 Å². The highest BCUT2D eigenvalue weighted by Gasteiger charge is 2.06. The molecule has 1 heterocycles. The Balaban J connectivity index is 1.67. The fourth-order valence-corrected chi connectivity index (χ4v) is 3.03. The van der Waals surface area contributed by atoms with Crippen molar-refractivity contribution in [2.45, 2.75) is 26.5 Å². The molecule has 0 radical (unpaired) electrons. The summed E-state index contributed by atoms with van der Waals surface area (Å²) in [6.45, 7) is 5.78. The number of aryl methyl sites for hydroxylation is 2. The first kappa shape index (κ1) is 16.3. The fourth-order valence-electron chi connectivity index (χ4n) is 1.88. The minimum atomic E-state index is -0.539. The topological polar surface area (TPSA) is 41.5 Å². The number of benzene rings is 1. The van der Waals surface area contributed by atoms with Crippen molar-refractivity contribution in [3.05, 3.63) is 50.7 Å². The smallest absolute Gasteiger partial charge is 0.119 e. The van der Waals surface area contributed by atoms with Crippen LogP contribution in [0, 0.1) is 13.8 Å². The number of hydrogen-bond donors (Lipinski definition) is 2. The molecule has 1 atom stereocenters. The van der Waals surface area contributed by atoms with Gasteiger partial charge in [-0.15, -0.1) is 11.3 Å². The molecule has 0 fully saturated rings. The molecule has 2 rings (SSSR count). The lowest BCUT2D eigenvalue weighted by atomic mass is 10.3. The van der Waals surface area contributed by atoms with E-state index in [2.05, 4.69) is 25.2 Å². The molecule has 0 aliphatic heterocycles. The molecule has 0 saturated heterocycles. The summed E-state index contributed by atoms with van der Waals surface area (Å²) in [5, 5.41) is 13.8. The largest absolute Gasteiger partial charge is 0.491 e. The standard InChI is InChI=1S/C16H20ClNO2S/c1-11-7-16(21-12(11)2)9-18-8-14(19)10-20-15-5-3-13(17)4-6-15/h3-7,14,18-19H,8-10H2,1-2H3. The summed E-state index contributed by atoms with van der Waals surface area (Å²) in [4.78, 5) is 2.63. The first-order valence-electron chi connectivity index (χ1n) is 6.87. The van der Waals surface area contributed by atoms with E-state index in [1.807, 2.05) is 0 Å². The molecule has 0 saturated carbocycles. The average Bonchev–Trinajstić information content (AvgIpc) is 2.77. The number of aliphatic hydroxyl groups is 1. The maximum atomic E-state index is 9.89. The normalized spacial score (nSPS) is 12.4. The van der Waals surface area contributed by atoms with Crippen molar-refractivity contribution in [1.29, 1.82) is 0 Å². The van der Waals surface area contributed by atoms with Crippen molar-refractivity contribution in [2.24, 2.45) is 0 Å². The molecule has 1 aromatic heterocycles. The van der Waals surface area contributed by atoms with Crippen LogP contribution in [0.25, 0.3) is 0 Å². The monoisotopic (exact) mass is 325 g/mol. The van der Waals surface area contributed by atoms with Crippen LogP contribution < -0.4 is 10.1 Å². The number of halogens is 1. The van der Waals surface area contributed by atoms with Gasteiger partial charge in [0.1, 0.15) is 18.5 Å². The van der Waals surface area contributed by atoms with Gasteiger partial charge < -0.3 is 15.2 Å². The Hall–Kier alpha value is -1.07. The van der Waals surface area contributed by atoms with Gasteiger partial charge in [0.05, 0.1) is 0 Å². The van der Waals surface area contributed by atoms with E-state index in [9.17, 15) is 5.11 Å². The van der Waals surface area contributed by atoms with Gasteiger partial charge >= 0.3 is 0 Å². The van der Waals surface area contributed by atoms with Gasteiger partial charge in [0.25, 0.3) is 0 Å². The summed E-state index contributed by atoms with van der Waals surface area (Å²) in [6.07, 6.45) is -0.539. The molecule has 1 aromatic carbocycles. The second-order valence-electron chi connectivity index (χ2n) is 5.00. The van der Waals surface area contributed by atoms with Crippen molar-refractivity contribution >= 4 is 22.9 Å². The molecule has 0 bridgehead atoms. The predicted octanol–water partition coefficient (Wildman–Crippen LogP) is 3.55. The van der Waals surface area contributed by atoms with E-state index in [0.29, 0.717) is 17.3 Å². The van der Waals surface area contributed by atoms with Crippen LogP contribution in [-0.4, -0.2) is 24.4 Å². The third-order valence-electron chi connectivity index (χ3n) is 3.15. The molecule has 21 heavy (non-hydrogen) atoms. The van der Waals surface area contributed by atoms with Crippen LogP contribution in [0.5, 0.6) is 5.75 Å². The summed E-state index contributed by atoms with van der Waals surface area (Å²) >= 11 is 7.59. The molecule has 3 nitrogen and oxygen atoms in total. The zero-order chi connectivity index (χ0) is 15.2. The second-order valence-corrected chi connectivity index (χ2v) is 6.78. The zero-order valence-electron chi connectivity index (χ0n) is 12.2. The third kappa shape index (κ3) is 5.32. The number of ether oxygens (including phenoxy) is 1. The molecule has 2 aromatic rings. The molecule has 0 spiro atoms. The molecule has 5 heteroatoms. The Morgan fingerprint density at radius 1 is 1.29 bits per heavy atom. The van der Waals surface area contributed by atoms with Crippen LogP contribution in [0.1, 0.15) is 15.3 Å². The fraction of sp³-hybridized carbons (Fsp3) is 0.375.